The molecule has 0 saturated carbocycles. The van der Waals surface area contributed by atoms with Gasteiger partial charge in [0.05, 0.1) is 17.0 Å². The van der Waals surface area contributed by atoms with Crippen LogP contribution in [0.4, 0.5) is 0 Å². The van der Waals surface area contributed by atoms with Gasteiger partial charge in [-0.2, -0.15) is 0 Å². The van der Waals surface area contributed by atoms with Crippen LogP contribution in [-0.2, 0) is 6.42 Å². The number of rotatable bonds is 9. The van der Waals surface area contributed by atoms with Crippen LogP contribution < -0.4 is 0 Å². The molecule has 1 heterocycles. The minimum atomic E-state index is -0.961. The van der Waals surface area contributed by atoms with Crippen molar-refractivity contribution in [1.29, 1.82) is 0 Å². The SMILES string of the molecule is C=C(c1cc(C(=O)O)ccn1)N(CCc1ccc(C)cc1)/C(=C\C)CCC. The van der Waals surface area contributed by atoms with Crippen molar-refractivity contribution in [1.82, 2.24) is 9.88 Å². The van der Waals surface area contributed by atoms with Crippen molar-refractivity contribution >= 4 is 11.7 Å². The molecule has 1 aromatic heterocycles. The van der Waals surface area contributed by atoms with Crippen molar-refractivity contribution in [3.05, 3.63) is 83.3 Å². The van der Waals surface area contributed by atoms with E-state index in [-0.39, 0.29) is 5.56 Å². The maximum Gasteiger partial charge on any atom is 0.335 e. The maximum atomic E-state index is 11.3. The van der Waals surface area contributed by atoms with Crippen molar-refractivity contribution in [2.45, 2.75) is 40.0 Å². The fraction of sp³-hybridized carbons (Fsp3) is 0.304. The third-order valence-electron chi connectivity index (χ3n) is 4.56. The number of allylic oxidation sites excluding steroid dienone is 2. The first kappa shape index (κ1) is 20.4. The van der Waals surface area contributed by atoms with Crippen molar-refractivity contribution in [2.24, 2.45) is 0 Å². The lowest BCUT2D eigenvalue weighted by Crippen LogP contribution is -2.24. The molecular weight excluding hydrogens is 336 g/mol. The number of carbonyl (C=O) groups is 1. The van der Waals surface area contributed by atoms with Crippen LogP contribution in [0, 0.1) is 6.92 Å². The Morgan fingerprint density at radius 1 is 1.26 bits per heavy atom. The Morgan fingerprint density at radius 3 is 2.56 bits per heavy atom. The standard InChI is InChI=1S/C23H28N2O2/c1-5-7-21(6-2)25(15-13-19-10-8-17(3)9-11-19)18(4)22-16-20(23(26)27)12-14-24-22/h6,8-12,14,16H,4-5,7,13,15H2,1-3H3,(H,26,27)/b21-6-. The zero-order valence-electron chi connectivity index (χ0n) is 16.4. The van der Waals surface area contributed by atoms with Gasteiger partial charge >= 0.3 is 5.97 Å². The first-order valence-corrected chi connectivity index (χ1v) is 9.33. The topological polar surface area (TPSA) is 53.4 Å². The summed E-state index contributed by atoms with van der Waals surface area (Å²) in [6.07, 6.45) is 6.46. The van der Waals surface area contributed by atoms with Crippen LogP contribution in [0.5, 0.6) is 0 Å². The number of hydrogen-bond donors (Lipinski definition) is 1. The van der Waals surface area contributed by atoms with Crippen LogP contribution in [0.25, 0.3) is 5.70 Å². The van der Waals surface area contributed by atoms with E-state index in [1.807, 2.05) is 6.92 Å². The molecule has 0 atom stereocenters. The van der Waals surface area contributed by atoms with E-state index in [1.54, 1.807) is 6.07 Å². The van der Waals surface area contributed by atoms with E-state index in [1.165, 1.54) is 29.1 Å². The third-order valence-corrected chi connectivity index (χ3v) is 4.56. The number of carboxylic acid groups (broad SMARTS) is 1. The predicted molar refractivity (Wildman–Crippen MR) is 110 cm³/mol. The normalized spacial score (nSPS) is 11.3. The lowest BCUT2D eigenvalue weighted by Gasteiger charge is -2.29. The van der Waals surface area contributed by atoms with E-state index in [9.17, 15) is 9.90 Å². The first-order valence-electron chi connectivity index (χ1n) is 9.33. The summed E-state index contributed by atoms with van der Waals surface area (Å²) in [5.41, 5.74) is 5.22. The van der Waals surface area contributed by atoms with Gasteiger partial charge in [-0.25, -0.2) is 4.79 Å². The van der Waals surface area contributed by atoms with Gasteiger partial charge < -0.3 is 10.0 Å². The molecule has 0 aliphatic rings. The molecule has 4 heteroatoms. The Morgan fingerprint density at radius 2 is 1.96 bits per heavy atom. The quantitative estimate of drug-likeness (QED) is 0.655. The lowest BCUT2D eigenvalue weighted by atomic mass is 10.1. The summed E-state index contributed by atoms with van der Waals surface area (Å²) < 4.78 is 0. The average molecular weight is 364 g/mol. The van der Waals surface area contributed by atoms with Gasteiger partial charge in [-0.3, -0.25) is 4.98 Å². The Bertz CT molecular complexity index is 823. The van der Waals surface area contributed by atoms with Gasteiger partial charge in [-0.15, -0.1) is 0 Å². The van der Waals surface area contributed by atoms with Crippen LogP contribution in [0.15, 0.2) is 60.9 Å². The number of nitrogens with zero attached hydrogens (tertiary/aromatic N) is 2. The molecule has 27 heavy (non-hydrogen) atoms. The highest BCUT2D eigenvalue weighted by Crippen LogP contribution is 2.24. The van der Waals surface area contributed by atoms with Gasteiger partial charge in [0.25, 0.3) is 0 Å². The zero-order chi connectivity index (χ0) is 19.8. The highest BCUT2D eigenvalue weighted by molar-refractivity contribution is 5.88. The molecule has 0 aliphatic heterocycles. The van der Waals surface area contributed by atoms with Crippen LogP contribution in [0.3, 0.4) is 0 Å². The molecule has 1 N–H and O–H groups in total. The van der Waals surface area contributed by atoms with Crippen molar-refractivity contribution in [3.8, 4) is 0 Å². The Hall–Kier alpha value is -2.88. The van der Waals surface area contributed by atoms with Crippen LogP contribution in [-0.4, -0.2) is 27.5 Å². The van der Waals surface area contributed by atoms with Gasteiger partial charge in [0, 0.05) is 18.4 Å². The van der Waals surface area contributed by atoms with Crippen LogP contribution in [0.1, 0.15) is 53.9 Å². The van der Waals surface area contributed by atoms with E-state index < -0.39 is 5.97 Å². The Balaban J connectivity index is 2.28. The fourth-order valence-corrected chi connectivity index (χ4v) is 3.00. The molecule has 4 nitrogen and oxygen atoms in total. The fourth-order valence-electron chi connectivity index (χ4n) is 3.00. The Kier molecular flexibility index (Phi) is 7.35. The summed E-state index contributed by atoms with van der Waals surface area (Å²) in [5, 5.41) is 9.26. The van der Waals surface area contributed by atoms with Gasteiger partial charge in [-0.1, -0.05) is 55.8 Å². The van der Waals surface area contributed by atoms with E-state index in [4.69, 9.17) is 0 Å². The smallest absolute Gasteiger partial charge is 0.335 e. The van der Waals surface area contributed by atoms with Gasteiger partial charge in [0.2, 0.25) is 0 Å². The van der Waals surface area contributed by atoms with E-state index in [0.717, 1.165) is 31.5 Å². The van der Waals surface area contributed by atoms with Gasteiger partial charge in [0.1, 0.15) is 0 Å². The molecule has 0 bridgehead atoms. The van der Waals surface area contributed by atoms with E-state index in [0.29, 0.717) is 5.69 Å². The molecule has 0 saturated heterocycles. The number of benzene rings is 1. The summed E-state index contributed by atoms with van der Waals surface area (Å²) in [4.78, 5) is 17.8. The highest BCUT2D eigenvalue weighted by Gasteiger charge is 2.16. The molecule has 0 radical (unpaired) electrons. The minimum Gasteiger partial charge on any atom is -0.478 e. The molecule has 142 valence electrons. The maximum absolute atomic E-state index is 11.3. The van der Waals surface area contributed by atoms with Crippen molar-refractivity contribution < 1.29 is 9.90 Å². The average Bonchev–Trinajstić information content (AvgIpc) is 2.68. The third kappa shape index (κ3) is 5.55. The van der Waals surface area contributed by atoms with E-state index in [2.05, 4.69) is 60.7 Å². The van der Waals surface area contributed by atoms with Crippen molar-refractivity contribution in [3.63, 3.8) is 0 Å². The predicted octanol–water partition coefficient (Wildman–Crippen LogP) is 5.31. The summed E-state index contributed by atoms with van der Waals surface area (Å²) in [5.74, 6) is -0.961. The van der Waals surface area contributed by atoms with Gasteiger partial charge in [0.15, 0.2) is 0 Å². The van der Waals surface area contributed by atoms with Crippen molar-refractivity contribution in [2.75, 3.05) is 6.54 Å². The molecule has 2 aromatic rings. The van der Waals surface area contributed by atoms with Crippen LogP contribution in [0.2, 0.25) is 0 Å². The number of aromatic carboxylic acids is 1. The molecule has 0 amide bonds. The number of carboxylic acids is 1. The summed E-state index contributed by atoms with van der Waals surface area (Å²) in [6.45, 7) is 11.3. The number of aryl methyl sites for hydroxylation is 1. The molecule has 1 aromatic carbocycles. The zero-order valence-corrected chi connectivity index (χ0v) is 16.4. The highest BCUT2D eigenvalue weighted by atomic mass is 16.4. The summed E-state index contributed by atoms with van der Waals surface area (Å²) in [7, 11) is 0. The molecule has 0 unspecified atom stereocenters. The molecular formula is C23H28N2O2. The lowest BCUT2D eigenvalue weighted by molar-refractivity contribution is 0.0696. The number of hydrogen-bond acceptors (Lipinski definition) is 3. The summed E-state index contributed by atoms with van der Waals surface area (Å²) in [6, 6.07) is 11.6. The Labute approximate surface area is 161 Å². The monoisotopic (exact) mass is 364 g/mol. The van der Waals surface area contributed by atoms with Gasteiger partial charge in [-0.05, 0) is 44.4 Å². The molecule has 0 spiro atoms. The molecule has 0 fully saturated rings. The second kappa shape index (κ2) is 9.72. The molecule has 2 rings (SSSR count). The largest absolute Gasteiger partial charge is 0.478 e. The number of aromatic nitrogens is 1. The first-order chi connectivity index (χ1) is 13.0. The van der Waals surface area contributed by atoms with E-state index >= 15 is 0 Å². The second-order valence-electron chi connectivity index (χ2n) is 6.60. The molecule has 0 aliphatic carbocycles. The van der Waals surface area contributed by atoms with Crippen LogP contribution >= 0.6 is 0 Å². The summed E-state index contributed by atoms with van der Waals surface area (Å²) >= 11 is 0. The number of pyridine rings is 1. The minimum absolute atomic E-state index is 0.220. The second-order valence-corrected chi connectivity index (χ2v) is 6.60.